The highest BCUT2D eigenvalue weighted by molar-refractivity contribution is 14.1. The van der Waals surface area contributed by atoms with Crippen LogP contribution in [0.4, 0.5) is 0 Å². The number of hydrogen-bond donors (Lipinski definition) is 0. The standard InChI is InChI=1S/C12H6BrIO.CH4/c13-9-2-1-3-10-12(9)8-5-4-7(14)6-11(8)15-10;/h1-6H;1H4. The first-order valence-electron chi connectivity index (χ1n) is 4.52. The van der Waals surface area contributed by atoms with Gasteiger partial charge in [-0.1, -0.05) is 29.4 Å². The smallest absolute Gasteiger partial charge is 0.136 e. The number of benzene rings is 2. The third-order valence-electron chi connectivity index (χ3n) is 2.41. The van der Waals surface area contributed by atoms with Crippen molar-refractivity contribution in [3.63, 3.8) is 0 Å². The Morgan fingerprint density at radius 3 is 2.69 bits per heavy atom. The molecule has 1 nitrogen and oxygen atoms in total. The molecule has 0 spiro atoms. The van der Waals surface area contributed by atoms with Gasteiger partial charge in [0.2, 0.25) is 0 Å². The molecule has 0 amide bonds. The maximum atomic E-state index is 5.78. The maximum Gasteiger partial charge on any atom is 0.136 e. The zero-order chi connectivity index (χ0) is 10.4. The molecule has 0 aliphatic heterocycles. The van der Waals surface area contributed by atoms with Crippen molar-refractivity contribution in [1.29, 1.82) is 0 Å². The molecule has 82 valence electrons. The minimum Gasteiger partial charge on any atom is -0.456 e. The first-order valence-corrected chi connectivity index (χ1v) is 6.39. The fraction of sp³-hybridized carbons (Fsp3) is 0.0769. The molecule has 16 heavy (non-hydrogen) atoms. The minimum absolute atomic E-state index is 0. The molecule has 0 aliphatic rings. The monoisotopic (exact) mass is 388 g/mol. The third kappa shape index (κ3) is 1.76. The quantitative estimate of drug-likeness (QED) is 0.457. The van der Waals surface area contributed by atoms with E-state index in [1.807, 2.05) is 18.2 Å². The lowest BCUT2D eigenvalue weighted by Crippen LogP contribution is -1.70. The van der Waals surface area contributed by atoms with Crippen molar-refractivity contribution < 1.29 is 4.42 Å². The lowest BCUT2D eigenvalue weighted by atomic mass is 10.2. The lowest BCUT2D eigenvalue weighted by molar-refractivity contribution is 0.668. The number of halogens is 2. The molecule has 3 aromatic rings. The van der Waals surface area contributed by atoms with Crippen molar-refractivity contribution in [1.82, 2.24) is 0 Å². The van der Waals surface area contributed by atoms with E-state index < -0.39 is 0 Å². The van der Waals surface area contributed by atoms with Gasteiger partial charge in [0.05, 0.1) is 0 Å². The van der Waals surface area contributed by atoms with Gasteiger partial charge < -0.3 is 4.42 Å². The zero-order valence-electron chi connectivity index (χ0n) is 7.63. The summed E-state index contributed by atoms with van der Waals surface area (Å²) >= 11 is 5.84. The molecule has 3 rings (SSSR count). The van der Waals surface area contributed by atoms with Crippen LogP contribution < -0.4 is 0 Å². The highest BCUT2D eigenvalue weighted by Crippen LogP contribution is 2.34. The second kappa shape index (κ2) is 4.37. The Morgan fingerprint density at radius 1 is 1.06 bits per heavy atom. The van der Waals surface area contributed by atoms with Gasteiger partial charge in [-0.3, -0.25) is 0 Å². The molecular weight excluding hydrogens is 379 g/mol. The minimum atomic E-state index is 0. The van der Waals surface area contributed by atoms with Crippen molar-refractivity contribution >= 4 is 60.5 Å². The zero-order valence-corrected chi connectivity index (χ0v) is 11.4. The number of rotatable bonds is 0. The van der Waals surface area contributed by atoms with Crippen LogP contribution in [0.5, 0.6) is 0 Å². The summed E-state index contributed by atoms with van der Waals surface area (Å²) in [7, 11) is 0. The summed E-state index contributed by atoms with van der Waals surface area (Å²) in [6.07, 6.45) is 0. The second-order valence-electron chi connectivity index (χ2n) is 3.36. The Morgan fingerprint density at radius 2 is 1.88 bits per heavy atom. The molecule has 0 bridgehead atoms. The predicted octanol–water partition coefficient (Wildman–Crippen LogP) is 5.59. The normalized spacial score (nSPS) is 10.6. The van der Waals surface area contributed by atoms with Crippen LogP contribution in [-0.4, -0.2) is 0 Å². The van der Waals surface area contributed by atoms with Gasteiger partial charge in [0.25, 0.3) is 0 Å². The van der Waals surface area contributed by atoms with Crippen molar-refractivity contribution in [3.05, 3.63) is 44.4 Å². The van der Waals surface area contributed by atoms with E-state index in [1.54, 1.807) is 0 Å². The topological polar surface area (TPSA) is 13.1 Å². The van der Waals surface area contributed by atoms with Crippen LogP contribution in [0, 0.1) is 3.57 Å². The first-order chi connectivity index (χ1) is 7.25. The summed E-state index contributed by atoms with van der Waals surface area (Å²) in [6, 6.07) is 12.3. The first kappa shape index (κ1) is 11.9. The number of furan rings is 1. The van der Waals surface area contributed by atoms with E-state index in [0.717, 1.165) is 26.4 Å². The van der Waals surface area contributed by atoms with Gasteiger partial charge in [0.15, 0.2) is 0 Å². The van der Waals surface area contributed by atoms with Crippen molar-refractivity contribution in [2.24, 2.45) is 0 Å². The van der Waals surface area contributed by atoms with Gasteiger partial charge in [-0.2, -0.15) is 0 Å². The second-order valence-corrected chi connectivity index (χ2v) is 5.46. The van der Waals surface area contributed by atoms with Gasteiger partial charge in [0.1, 0.15) is 11.2 Å². The largest absolute Gasteiger partial charge is 0.456 e. The van der Waals surface area contributed by atoms with Crippen molar-refractivity contribution in [3.8, 4) is 0 Å². The lowest BCUT2D eigenvalue weighted by Gasteiger charge is -1.92. The summed E-state index contributed by atoms with van der Waals surface area (Å²) in [5.74, 6) is 0. The van der Waals surface area contributed by atoms with Crippen LogP contribution in [-0.2, 0) is 0 Å². The van der Waals surface area contributed by atoms with E-state index in [-0.39, 0.29) is 7.43 Å². The molecule has 0 aliphatic carbocycles. The van der Waals surface area contributed by atoms with E-state index in [9.17, 15) is 0 Å². The molecule has 1 aromatic heterocycles. The molecule has 2 aromatic carbocycles. The molecule has 1 heterocycles. The summed E-state index contributed by atoms with van der Waals surface area (Å²) in [5, 5.41) is 2.32. The number of fused-ring (bicyclic) bond motifs is 3. The van der Waals surface area contributed by atoms with Gasteiger partial charge in [-0.05, 0) is 52.9 Å². The molecule has 0 fully saturated rings. The van der Waals surface area contributed by atoms with Crippen molar-refractivity contribution in [2.45, 2.75) is 7.43 Å². The van der Waals surface area contributed by atoms with Crippen LogP contribution in [0.25, 0.3) is 21.9 Å². The molecule has 0 unspecified atom stereocenters. The third-order valence-corrected chi connectivity index (χ3v) is 3.74. The SMILES string of the molecule is Brc1cccc2oc3cc(I)ccc3c12.C. The van der Waals surface area contributed by atoms with Crippen LogP contribution in [0.3, 0.4) is 0 Å². The van der Waals surface area contributed by atoms with Crippen LogP contribution >= 0.6 is 38.5 Å². The molecule has 3 heteroatoms. The Hall–Kier alpha value is -0.550. The average molecular weight is 389 g/mol. The molecule has 0 N–H and O–H groups in total. The maximum absolute atomic E-state index is 5.78. The fourth-order valence-electron chi connectivity index (χ4n) is 1.76. The summed E-state index contributed by atoms with van der Waals surface area (Å²) in [5.41, 5.74) is 1.88. The molecular formula is C13H10BrIO. The van der Waals surface area contributed by atoms with Gasteiger partial charge in [0, 0.05) is 18.8 Å². The van der Waals surface area contributed by atoms with Gasteiger partial charge >= 0.3 is 0 Å². The Bertz CT molecular complexity index is 657. The highest BCUT2D eigenvalue weighted by Gasteiger charge is 2.09. The summed E-state index contributed by atoms with van der Waals surface area (Å²) < 4.78 is 8.05. The highest BCUT2D eigenvalue weighted by atomic mass is 127. The molecule has 0 saturated heterocycles. The summed E-state index contributed by atoms with van der Waals surface area (Å²) in [6.45, 7) is 0. The van der Waals surface area contributed by atoms with Gasteiger partial charge in [-0.15, -0.1) is 0 Å². The predicted molar refractivity (Wildman–Crippen MR) is 80.9 cm³/mol. The number of hydrogen-bond acceptors (Lipinski definition) is 1. The molecule has 0 atom stereocenters. The molecule has 0 radical (unpaired) electrons. The Kier molecular flexibility index (Phi) is 3.26. The van der Waals surface area contributed by atoms with Crippen molar-refractivity contribution in [2.75, 3.05) is 0 Å². The Balaban J connectivity index is 0.000000963. The van der Waals surface area contributed by atoms with E-state index in [0.29, 0.717) is 0 Å². The van der Waals surface area contributed by atoms with E-state index in [4.69, 9.17) is 4.42 Å². The average Bonchev–Trinajstić information content (AvgIpc) is 2.56. The molecule has 0 saturated carbocycles. The summed E-state index contributed by atoms with van der Waals surface area (Å²) in [4.78, 5) is 0. The van der Waals surface area contributed by atoms with E-state index in [1.165, 1.54) is 3.57 Å². The fourth-order valence-corrected chi connectivity index (χ4v) is 2.78. The van der Waals surface area contributed by atoms with Crippen LogP contribution in [0.2, 0.25) is 0 Å². The van der Waals surface area contributed by atoms with E-state index in [2.05, 4.69) is 56.7 Å². The van der Waals surface area contributed by atoms with Crippen LogP contribution in [0.15, 0.2) is 45.3 Å². The Labute approximate surface area is 116 Å². The van der Waals surface area contributed by atoms with Gasteiger partial charge in [-0.25, -0.2) is 0 Å². The van der Waals surface area contributed by atoms with Crippen LogP contribution in [0.1, 0.15) is 7.43 Å². The van der Waals surface area contributed by atoms with E-state index >= 15 is 0 Å².